The van der Waals surface area contributed by atoms with Crippen molar-refractivity contribution in [2.75, 3.05) is 40.9 Å². The molecule has 0 aromatic heterocycles. The molecule has 0 aliphatic rings. The standard InChI is InChI=1S/C62H113N2O6P/c1-6-8-10-12-14-16-18-19-20-21-22-23-24-25-26-27-28-29-30-31-32-33-34-35-36-37-38-39-40-41-42-43-44-45-46-48-50-52-54-56-62(66)63-60(59-70-71(67,68)69-58-57-64(3,4)5)61(65)55-53-51-49-47-17-15-13-11-9-7-2/h8,10,14,16,19-20,22-23,25-26,28-29,53,55,60-61,65H,6-7,9,11-13,15,17-18,21,24,27,30-52,54,56-59H2,1-5H3,(H-,63,66,67,68)/p+1/b10-8-,16-14-,20-19-,23-22-,26-25-,29-28-,55-53+. The van der Waals surface area contributed by atoms with Crippen molar-refractivity contribution in [3.05, 3.63) is 85.1 Å². The van der Waals surface area contributed by atoms with Crippen LogP contribution in [-0.4, -0.2) is 73.4 Å². The molecule has 8 nitrogen and oxygen atoms in total. The molecule has 0 bridgehead atoms. The fourth-order valence-electron chi connectivity index (χ4n) is 8.28. The number of phosphoric ester groups is 1. The summed E-state index contributed by atoms with van der Waals surface area (Å²) >= 11 is 0. The Labute approximate surface area is 439 Å². The van der Waals surface area contributed by atoms with Crippen molar-refractivity contribution in [1.82, 2.24) is 5.32 Å². The van der Waals surface area contributed by atoms with Crippen LogP contribution in [0.2, 0.25) is 0 Å². The molecule has 0 radical (unpaired) electrons. The van der Waals surface area contributed by atoms with E-state index in [4.69, 9.17) is 9.05 Å². The third kappa shape index (κ3) is 55.3. The first-order valence-corrected chi connectivity index (χ1v) is 31.0. The average molecular weight is 1010 g/mol. The lowest BCUT2D eigenvalue weighted by atomic mass is 10.0. The summed E-state index contributed by atoms with van der Waals surface area (Å²) in [5.41, 5.74) is 0. The molecule has 3 atom stereocenters. The predicted octanol–water partition coefficient (Wildman–Crippen LogP) is 18.0. The molecule has 3 N–H and O–H groups in total. The monoisotopic (exact) mass is 1010 g/mol. The van der Waals surface area contributed by atoms with Gasteiger partial charge in [0.25, 0.3) is 0 Å². The quantitative estimate of drug-likeness (QED) is 0.0243. The van der Waals surface area contributed by atoms with Crippen LogP contribution in [0.3, 0.4) is 0 Å². The molecule has 0 saturated heterocycles. The Balaban J connectivity index is 3.89. The van der Waals surface area contributed by atoms with E-state index in [0.717, 1.165) is 77.0 Å². The van der Waals surface area contributed by atoms with Gasteiger partial charge in [0.15, 0.2) is 0 Å². The Morgan fingerprint density at radius 3 is 1.24 bits per heavy atom. The van der Waals surface area contributed by atoms with Crippen molar-refractivity contribution in [1.29, 1.82) is 0 Å². The van der Waals surface area contributed by atoms with Gasteiger partial charge < -0.3 is 19.8 Å². The first kappa shape index (κ1) is 68.7. The summed E-state index contributed by atoms with van der Waals surface area (Å²) in [6.07, 6.45) is 74.3. The first-order valence-electron chi connectivity index (χ1n) is 29.5. The van der Waals surface area contributed by atoms with E-state index in [1.165, 1.54) is 154 Å². The third-order valence-electron chi connectivity index (χ3n) is 12.9. The Hall–Kier alpha value is -2.32. The maximum Gasteiger partial charge on any atom is 0.472 e. The van der Waals surface area contributed by atoms with Crippen LogP contribution >= 0.6 is 7.82 Å². The number of likely N-dealkylation sites (N-methyl/N-ethyl adjacent to an activating group) is 1. The fraction of sp³-hybridized carbons (Fsp3) is 0.758. The van der Waals surface area contributed by atoms with E-state index in [-0.39, 0.29) is 19.1 Å². The van der Waals surface area contributed by atoms with Crippen molar-refractivity contribution >= 4 is 13.7 Å². The van der Waals surface area contributed by atoms with Gasteiger partial charge in [-0.1, -0.05) is 259 Å². The number of aliphatic hydroxyl groups excluding tert-OH is 1. The van der Waals surface area contributed by atoms with Crippen LogP contribution in [0.25, 0.3) is 0 Å². The van der Waals surface area contributed by atoms with Crippen LogP contribution in [0.15, 0.2) is 85.1 Å². The highest BCUT2D eigenvalue weighted by molar-refractivity contribution is 7.47. The van der Waals surface area contributed by atoms with Crippen LogP contribution in [-0.2, 0) is 18.4 Å². The summed E-state index contributed by atoms with van der Waals surface area (Å²) in [6.45, 7) is 4.68. The first-order chi connectivity index (χ1) is 34.5. The zero-order valence-electron chi connectivity index (χ0n) is 46.9. The number of aliphatic hydroxyl groups is 1. The molecule has 412 valence electrons. The summed E-state index contributed by atoms with van der Waals surface area (Å²) in [7, 11) is 1.57. The van der Waals surface area contributed by atoms with Crippen molar-refractivity contribution in [2.45, 2.75) is 264 Å². The lowest BCUT2D eigenvalue weighted by molar-refractivity contribution is -0.870. The maximum atomic E-state index is 12.9. The molecule has 0 spiro atoms. The Kier molecular flexibility index (Phi) is 50.8. The minimum atomic E-state index is -4.34. The number of carbonyl (C=O) groups excluding carboxylic acids is 1. The summed E-state index contributed by atoms with van der Waals surface area (Å²) in [5, 5.41) is 13.8. The molecule has 0 fully saturated rings. The van der Waals surface area contributed by atoms with Gasteiger partial charge in [-0.3, -0.25) is 13.8 Å². The number of allylic oxidation sites excluding steroid dienone is 13. The van der Waals surface area contributed by atoms with E-state index in [0.29, 0.717) is 17.4 Å². The van der Waals surface area contributed by atoms with E-state index < -0.39 is 20.0 Å². The van der Waals surface area contributed by atoms with Gasteiger partial charge in [-0.2, -0.15) is 0 Å². The van der Waals surface area contributed by atoms with Crippen molar-refractivity contribution in [2.24, 2.45) is 0 Å². The van der Waals surface area contributed by atoms with Gasteiger partial charge in [-0.25, -0.2) is 4.57 Å². The number of carbonyl (C=O) groups is 1. The number of nitrogens with one attached hydrogen (secondary N) is 1. The number of quaternary nitrogens is 1. The molecule has 0 aromatic rings. The zero-order chi connectivity index (χ0) is 52.0. The van der Waals surface area contributed by atoms with Gasteiger partial charge in [-0.05, 0) is 70.6 Å². The average Bonchev–Trinajstić information content (AvgIpc) is 3.33. The minimum Gasteiger partial charge on any atom is -0.387 e. The van der Waals surface area contributed by atoms with Crippen molar-refractivity contribution < 1.29 is 32.9 Å². The molecule has 71 heavy (non-hydrogen) atoms. The molecule has 3 unspecified atom stereocenters. The highest BCUT2D eigenvalue weighted by Gasteiger charge is 2.27. The largest absolute Gasteiger partial charge is 0.472 e. The van der Waals surface area contributed by atoms with Gasteiger partial charge in [0.2, 0.25) is 5.91 Å². The zero-order valence-corrected chi connectivity index (χ0v) is 47.8. The second-order valence-electron chi connectivity index (χ2n) is 21.0. The molecule has 1 amide bonds. The minimum absolute atomic E-state index is 0.0605. The number of rotatable bonds is 53. The number of amides is 1. The molecule has 0 aliphatic carbocycles. The van der Waals surface area contributed by atoms with Crippen LogP contribution < -0.4 is 5.32 Å². The summed E-state index contributed by atoms with van der Waals surface area (Å²) in [5.74, 6) is -0.178. The summed E-state index contributed by atoms with van der Waals surface area (Å²) < 4.78 is 23.6. The Bertz CT molecular complexity index is 1430. The second kappa shape index (κ2) is 52.5. The van der Waals surface area contributed by atoms with Crippen LogP contribution in [0.5, 0.6) is 0 Å². The normalized spacial score (nSPS) is 14.5. The summed E-state index contributed by atoms with van der Waals surface area (Å²) in [4.78, 5) is 23.2. The van der Waals surface area contributed by atoms with Crippen molar-refractivity contribution in [3.8, 4) is 0 Å². The molecule has 9 heteroatoms. The molecule has 0 saturated carbocycles. The lowest BCUT2D eigenvalue weighted by Crippen LogP contribution is -2.45. The molecular formula is C62H114N2O6P+. The third-order valence-corrected chi connectivity index (χ3v) is 13.9. The highest BCUT2D eigenvalue weighted by Crippen LogP contribution is 2.43. The topological polar surface area (TPSA) is 105 Å². The Morgan fingerprint density at radius 1 is 0.493 bits per heavy atom. The number of hydrogen-bond donors (Lipinski definition) is 3. The van der Waals surface area contributed by atoms with E-state index in [2.05, 4.69) is 92.1 Å². The molecule has 0 aromatic carbocycles. The molecular weight excluding hydrogens is 900 g/mol. The number of unbranched alkanes of at least 4 members (excludes halogenated alkanes) is 28. The second-order valence-corrected chi connectivity index (χ2v) is 22.4. The van der Waals surface area contributed by atoms with E-state index in [9.17, 15) is 19.4 Å². The molecule has 0 aliphatic heterocycles. The van der Waals surface area contributed by atoms with Gasteiger partial charge >= 0.3 is 7.82 Å². The van der Waals surface area contributed by atoms with Crippen LogP contribution in [0.4, 0.5) is 0 Å². The lowest BCUT2D eigenvalue weighted by Gasteiger charge is -2.25. The van der Waals surface area contributed by atoms with Crippen LogP contribution in [0, 0.1) is 0 Å². The van der Waals surface area contributed by atoms with Gasteiger partial charge in [-0.15, -0.1) is 0 Å². The number of nitrogens with zero attached hydrogens (tertiary/aromatic N) is 1. The number of hydrogen-bond acceptors (Lipinski definition) is 5. The predicted molar refractivity (Wildman–Crippen MR) is 309 cm³/mol. The van der Waals surface area contributed by atoms with Crippen LogP contribution in [0.1, 0.15) is 251 Å². The van der Waals surface area contributed by atoms with Gasteiger partial charge in [0, 0.05) is 6.42 Å². The number of phosphoric acid groups is 1. The van der Waals surface area contributed by atoms with E-state index in [1.54, 1.807) is 6.08 Å². The molecule has 0 heterocycles. The maximum absolute atomic E-state index is 12.9. The van der Waals surface area contributed by atoms with E-state index in [1.807, 2.05) is 27.2 Å². The SMILES string of the molecule is CC/C=C\C/C=C\C/C=C\C/C=C\C/C=C\C/C=C\CCCCCCCCCCCCCCCCCCCCCCC(=O)NC(COP(=O)(O)OCC[N+](C)(C)C)C(O)/C=C/CCCCCCCCCC. The fourth-order valence-corrected chi connectivity index (χ4v) is 9.02. The summed E-state index contributed by atoms with van der Waals surface area (Å²) in [6, 6.07) is -0.846. The van der Waals surface area contributed by atoms with Gasteiger partial charge in [0.05, 0.1) is 39.9 Å². The van der Waals surface area contributed by atoms with Gasteiger partial charge in [0.1, 0.15) is 13.2 Å². The molecule has 0 rings (SSSR count). The highest BCUT2D eigenvalue weighted by atomic mass is 31.2. The Morgan fingerprint density at radius 2 is 0.845 bits per heavy atom. The van der Waals surface area contributed by atoms with Crippen molar-refractivity contribution in [3.63, 3.8) is 0 Å². The smallest absolute Gasteiger partial charge is 0.387 e. The van der Waals surface area contributed by atoms with E-state index >= 15 is 0 Å².